The monoisotopic (exact) mass is 571 g/mol. The number of amides is 6. The predicted molar refractivity (Wildman–Crippen MR) is 149 cm³/mol. The number of nitrogens with one attached hydrogen (secondary N) is 2. The molecule has 2 saturated heterocycles. The third-order valence-electron chi connectivity index (χ3n) is 7.35. The van der Waals surface area contributed by atoms with Crippen LogP contribution in [0.25, 0.3) is 0 Å². The summed E-state index contributed by atoms with van der Waals surface area (Å²) in [7, 11) is 0. The molecule has 2 aliphatic heterocycles. The number of benzene rings is 1. The maximum Gasteiger partial charge on any atom is 0.417 e. The van der Waals surface area contributed by atoms with E-state index in [0.717, 1.165) is 10.5 Å². The first-order valence-electron chi connectivity index (χ1n) is 14.1. The summed E-state index contributed by atoms with van der Waals surface area (Å²) in [5.74, 6) is -3.09. The number of nitrogens with zero attached hydrogens (tertiary/aromatic N) is 2. The van der Waals surface area contributed by atoms with Gasteiger partial charge in [-0.2, -0.15) is 0 Å². The Hall–Kier alpha value is -3.96. The second-order valence-electron chi connectivity index (χ2n) is 11.4. The van der Waals surface area contributed by atoms with E-state index in [-0.39, 0.29) is 31.3 Å². The van der Waals surface area contributed by atoms with Gasteiger partial charge in [0.1, 0.15) is 30.8 Å². The van der Waals surface area contributed by atoms with E-state index in [0.29, 0.717) is 25.8 Å². The molecular weight excluding hydrogens is 530 g/mol. The van der Waals surface area contributed by atoms with Crippen molar-refractivity contribution in [2.24, 2.45) is 17.6 Å². The lowest BCUT2D eigenvalue weighted by atomic mass is 9.99. The van der Waals surface area contributed by atoms with Gasteiger partial charge in [0.25, 0.3) is 0 Å². The number of nitrogens with two attached hydrogens (primary N) is 1. The minimum absolute atomic E-state index is 0.0150. The molecule has 0 aliphatic carbocycles. The second-order valence-corrected chi connectivity index (χ2v) is 11.4. The standard InChI is InChI=1S/C29H41N5O7/c1-17(2)15-20(28(39)33-14-8-11-21(33)25(30)36)31-27(38)24(18(3)4)32-26(37)22-12-13-23(35)34(22)29(40)41-16-19-9-6-5-7-10-19/h5-7,9-10,17-18,20-22,24H,8,11-16H2,1-4H3,(H2,30,36)(H,31,38)(H,32,37)/t20-,21+,22+,24+/m0/s1. The summed E-state index contributed by atoms with van der Waals surface area (Å²) in [4.78, 5) is 79.5. The molecule has 2 heterocycles. The summed E-state index contributed by atoms with van der Waals surface area (Å²) >= 11 is 0. The van der Waals surface area contributed by atoms with Crippen LogP contribution in [-0.4, -0.2) is 76.1 Å². The van der Waals surface area contributed by atoms with Crippen LogP contribution >= 0.6 is 0 Å². The molecular formula is C29H41N5O7. The molecule has 4 atom stereocenters. The van der Waals surface area contributed by atoms with Gasteiger partial charge >= 0.3 is 6.09 Å². The number of carbonyl (C=O) groups is 6. The van der Waals surface area contributed by atoms with Crippen LogP contribution in [0, 0.1) is 11.8 Å². The summed E-state index contributed by atoms with van der Waals surface area (Å²) in [5.41, 5.74) is 6.22. The van der Waals surface area contributed by atoms with Gasteiger partial charge < -0.3 is 26.0 Å². The van der Waals surface area contributed by atoms with Crippen LogP contribution < -0.4 is 16.4 Å². The van der Waals surface area contributed by atoms with Crippen LogP contribution in [0.5, 0.6) is 0 Å². The van der Waals surface area contributed by atoms with Crippen LogP contribution in [0.3, 0.4) is 0 Å². The predicted octanol–water partition coefficient (Wildman–Crippen LogP) is 1.46. The largest absolute Gasteiger partial charge is 0.444 e. The molecule has 6 amide bonds. The average Bonchev–Trinajstić information content (AvgIpc) is 3.57. The highest BCUT2D eigenvalue weighted by atomic mass is 16.6. The van der Waals surface area contributed by atoms with Crippen molar-refractivity contribution < 1.29 is 33.5 Å². The lowest BCUT2D eigenvalue weighted by Gasteiger charge is -2.31. The molecule has 0 saturated carbocycles. The van der Waals surface area contributed by atoms with Crippen molar-refractivity contribution in [1.82, 2.24) is 20.4 Å². The van der Waals surface area contributed by atoms with E-state index < -0.39 is 59.8 Å². The number of primary amides is 1. The van der Waals surface area contributed by atoms with Gasteiger partial charge in [-0.05, 0) is 43.1 Å². The summed E-state index contributed by atoms with van der Waals surface area (Å²) < 4.78 is 5.28. The third kappa shape index (κ3) is 8.05. The van der Waals surface area contributed by atoms with Crippen molar-refractivity contribution in [3.05, 3.63) is 35.9 Å². The van der Waals surface area contributed by atoms with Gasteiger partial charge in [0, 0.05) is 13.0 Å². The maximum atomic E-state index is 13.4. The molecule has 12 heteroatoms. The average molecular weight is 572 g/mol. The Balaban J connectivity index is 1.69. The Morgan fingerprint density at radius 3 is 2.29 bits per heavy atom. The number of hydrogen-bond donors (Lipinski definition) is 3. The normalized spacial score (nSPS) is 20.2. The van der Waals surface area contributed by atoms with Crippen molar-refractivity contribution in [2.75, 3.05) is 6.54 Å². The molecule has 224 valence electrons. The summed E-state index contributed by atoms with van der Waals surface area (Å²) in [6, 6.07) is 5.12. The Bertz CT molecular complexity index is 1140. The van der Waals surface area contributed by atoms with Gasteiger partial charge in [0.2, 0.25) is 29.5 Å². The molecule has 0 aromatic heterocycles. The van der Waals surface area contributed by atoms with Crippen molar-refractivity contribution in [3.63, 3.8) is 0 Å². The smallest absolute Gasteiger partial charge is 0.417 e. The molecule has 12 nitrogen and oxygen atoms in total. The summed E-state index contributed by atoms with van der Waals surface area (Å²) in [6.45, 7) is 7.59. The Kier molecular flexibility index (Phi) is 10.8. The summed E-state index contributed by atoms with van der Waals surface area (Å²) in [6.07, 6.45) is 0.576. The van der Waals surface area contributed by atoms with E-state index in [1.165, 1.54) is 4.90 Å². The van der Waals surface area contributed by atoms with Crippen LogP contribution in [0.15, 0.2) is 30.3 Å². The van der Waals surface area contributed by atoms with Gasteiger partial charge in [-0.15, -0.1) is 0 Å². The summed E-state index contributed by atoms with van der Waals surface area (Å²) in [5, 5.41) is 5.45. The molecule has 1 aromatic rings. The number of rotatable bonds is 11. The fourth-order valence-electron chi connectivity index (χ4n) is 5.22. The van der Waals surface area contributed by atoms with Crippen LogP contribution in [0.2, 0.25) is 0 Å². The Labute approximate surface area is 240 Å². The quantitative estimate of drug-likeness (QED) is 0.361. The highest BCUT2D eigenvalue weighted by Crippen LogP contribution is 2.22. The first kappa shape index (κ1) is 31.6. The van der Waals surface area contributed by atoms with Gasteiger partial charge in [0.05, 0.1) is 0 Å². The minimum Gasteiger partial charge on any atom is -0.444 e. The van der Waals surface area contributed by atoms with Crippen molar-refractivity contribution in [2.45, 2.75) is 90.6 Å². The molecule has 0 unspecified atom stereocenters. The molecule has 4 N–H and O–H groups in total. The molecule has 3 rings (SSSR count). The van der Waals surface area contributed by atoms with Gasteiger partial charge in [-0.3, -0.25) is 24.0 Å². The molecule has 0 radical (unpaired) electrons. The van der Waals surface area contributed by atoms with E-state index in [2.05, 4.69) is 10.6 Å². The number of ether oxygens (including phenoxy) is 1. The molecule has 1 aromatic carbocycles. The van der Waals surface area contributed by atoms with Gasteiger partial charge in [-0.25, -0.2) is 9.69 Å². The fourth-order valence-corrected chi connectivity index (χ4v) is 5.22. The van der Waals surface area contributed by atoms with Gasteiger partial charge in [-0.1, -0.05) is 58.0 Å². The number of hydrogen-bond acceptors (Lipinski definition) is 7. The number of carbonyl (C=O) groups excluding carboxylic acids is 6. The highest BCUT2D eigenvalue weighted by molar-refractivity contribution is 6.02. The Morgan fingerprint density at radius 2 is 1.68 bits per heavy atom. The van der Waals surface area contributed by atoms with Gasteiger partial charge in [0.15, 0.2) is 0 Å². The van der Waals surface area contributed by atoms with Crippen molar-refractivity contribution in [1.29, 1.82) is 0 Å². The Morgan fingerprint density at radius 1 is 1.00 bits per heavy atom. The molecule has 2 fully saturated rings. The molecule has 41 heavy (non-hydrogen) atoms. The van der Waals surface area contributed by atoms with E-state index in [1.54, 1.807) is 38.1 Å². The van der Waals surface area contributed by atoms with E-state index in [1.807, 2.05) is 19.9 Å². The number of likely N-dealkylation sites (tertiary alicyclic amines) is 2. The zero-order valence-corrected chi connectivity index (χ0v) is 24.1. The number of imide groups is 1. The lowest BCUT2D eigenvalue weighted by molar-refractivity contribution is -0.142. The van der Waals surface area contributed by atoms with E-state index >= 15 is 0 Å². The second kappa shape index (κ2) is 14.1. The first-order valence-corrected chi connectivity index (χ1v) is 14.1. The fraction of sp³-hybridized carbons (Fsp3) is 0.586. The van der Waals surface area contributed by atoms with Crippen LogP contribution in [-0.2, 0) is 35.3 Å². The van der Waals surface area contributed by atoms with Crippen LogP contribution in [0.1, 0.15) is 65.4 Å². The van der Waals surface area contributed by atoms with E-state index in [4.69, 9.17) is 10.5 Å². The van der Waals surface area contributed by atoms with Crippen LogP contribution in [0.4, 0.5) is 4.79 Å². The SMILES string of the molecule is CC(C)C[C@H](NC(=O)[C@H](NC(=O)[C@H]1CCC(=O)N1C(=O)OCc1ccccc1)C(C)C)C(=O)N1CCC[C@@H]1C(N)=O. The lowest BCUT2D eigenvalue weighted by Crippen LogP contribution is -2.59. The van der Waals surface area contributed by atoms with E-state index in [9.17, 15) is 28.8 Å². The third-order valence-corrected chi connectivity index (χ3v) is 7.35. The first-order chi connectivity index (χ1) is 19.4. The molecule has 0 bridgehead atoms. The topological polar surface area (TPSA) is 168 Å². The maximum absolute atomic E-state index is 13.4. The zero-order chi connectivity index (χ0) is 30.3. The molecule has 2 aliphatic rings. The molecule has 0 spiro atoms. The minimum atomic E-state index is -1.13. The van der Waals surface area contributed by atoms with Crippen molar-refractivity contribution >= 4 is 35.6 Å². The zero-order valence-electron chi connectivity index (χ0n) is 24.1. The van der Waals surface area contributed by atoms with Crippen molar-refractivity contribution in [3.8, 4) is 0 Å². The highest BCUT2D eigenvalue weighted by Gasteiger charge is 2.43.